The van der Waals surface area contributed by atoms with E-state index in [2.05, 4.69) is 0 Å². The third kappa shape index (κ3) is 3.31. The van der Waals surface area contributed by atoms with Gasteiger partial charge in [0, 0.05) is 29.7 Å². The van der Waals surface area contributed by atoms with E-state index < -0.39 is 28.6 Å². The zero-order chi connectivity index (χ0) is 23.5. The first-order valence-electron chi connectivity index (χ1n) is 10.5. The Morgan fingerprint density at radius 3 is 2.33 bits per heavy atom. The largest absolute Gasteiger partial charge is 0.456 e. The van der Waals surface area contributed by atoms with Crippen molar-refractivity contribution in [1.82, 2.24) is 0 Å². The van der Waals surface area contributed by atoms with Crippen molar-refractivity contribution in [2.75, 3.05) is 0 Å². The molecule has 2 heterocycles. The fourth-order valence-electron chi connectivity index (χ4n) is 4.47. The molecule has 33 heavy (non-hydrogen) atoms. The molecular formula is C26H22F2O5. The predicted octanol–water partition coefficient (Wildman–Crippen LogP) is 6.05. The van der Waals surface area contributed by atoms with Gasteiger partial charge in [0.15, 0.2) is 17.2 Å². The fraction of sp³-hybridized carbons (Fsp3) is 0.269. The molecule has 1 spiro atoms. The first-order valence-corrected chi connectivity index (χ1v) is 10.5. The molecule has 1 unspecified atom stereocenters. The zero-order valence-electron chi connectivity index (χ0n) is 18.6. The first-order chi connectivity index (χ1) is 15.6. The minimum absolute atomic E-state index is 0.181. The van der Waals surface area contributed by atoms with Crippen LogP contribution >= 0.6 is 0 Å². The van der Waals surface area contributed by atoms with Crippen molar-refractivity contribution in [1.29, 1.82) is 0 Å². The standard InChI is InChI=1S/C26H22F2O5/c1-14(29)31-24-12-23-19(10-21(24)28)26(16-8-6-5-7-15(16)13-30-33-26)18-9-20(27)17(25(2,3)4)11-22(18)32-23/h5-12H,13H2,1-4H3. The summed E-state index contributed by atoms with van der Waals surface area (Å²) in [6, 6.07) is 12.9. The summed E-state index contributed by atoms with van der Waals surface area (Å²) in [4.78, 5) is 22.9. The second-order valence-electron chi connectivity index (χ2n) is 9.24. The van der Waals surface area contributed by atoms with Crippen LogP contribution in [0, 0.1) is 11.6 Å². The van der Waals surface area contributed by atoms with Crippen LogP contribution in [0.15, 0.2) is 48.5 Å². The van der Waals surface area contributed by atoms with Gasteiger partial charge in [-0.1, -0.05) is 45.0 Å². The Kier molecular flexibility index (Phi) is 4.81. The Labute approximate surface area is 189 Å². The Morgan fingerprint density at radius 1 is 0.970 bits per heavy atom. The number of fused-ring (bicyclic) bond motifs is 6. The number of esters is 1. The van der Waals surface area contributed by atoms with Crippen LogP contribution in [-0.2, 0) is 32.2 Å². The summed E-state index contributed by atoms with van der Waals surface area (Å²) in [6.45, 7) is 7.05. The molecule has 170 valence electrons. The third-order valence-corrected chi connectivity index (χ3v) is 5.94. The van der Waals surface area contributed by atoms with Crippen LogP contribution in [0.5, 0.6) is 17.2 Å². The number of hydrogen-bond acceptors (Lipinski definition) is 5. The predicted molar refractivity (Wildman–Crippen MR) is 115 cm³/mol. The summed E-state index contributed by atoms with van der Waals surface area (Å²) >= 11 is 0. The van der Waals surface area contributed by atoms with E-state index in [4.69, 9.17) is 19.2 Å². The molecule has 3 aromatic rings. The monoisotopic (exact) mass is 452 g/mol. The fourth-order valence-corrected chi connectivity index (χ4v) is 4.47. The average Bonchev–Trinajstić information content (AvgIpc) is 2.74. The number of carbonyl (C=O) groups is 1. The van der Waals surface area contributed by atoms with Gasteiger partial charge < -0.3 is 9.47 Å². The van der Waals surface area contributed by atoms with Crippen LogP contribution in [0.1, 0.15) is 55.5 Å². The summed E-state index contributed by atoms with van der Waals surface area (Å²) in [6.07, 6.45) is 0. The maximum absolute atomic E-state index is 15.4. The number of hydrogen-bond donors (Lipinski definition) is 0. The van der Waals surface area contributed by atoms with Gasteiger partial charge in [-0.3, -0.25) is 4.79 Å². The highest BCUT2D eigenvalue weighted by Crippen LogP contribution is 2.56. The molecule has 1 atom stereocenters. The average molecular weight is 452 g/mol. The number of carbonyl (C=O) groups excluding carboxylic acids is 1. The lowest BCUT2D eigenvalue weighted by Gasteiger charge is -2.42. The molecule has 5 nitrogen and oxygen atoms in total. The van der Waals surface area contributed by atoms with Gasteiger partial charge in [-0.05, 0) is 34.7 Å². The van der Waals surface area contributed by atoms with Gasteiger partial charge >= 0.3 is 5.97 Å². The third-order valence-electron chi connectivity index (χ3n) is 5.94. The second-order valence-corrected chi connectivity index (χ2v) is 9.24. The summed E-state index contributed by atoms with van der Waals surface area (Å²) in [7, 11) is 0. The van der Waals surface area contributed by atoms with Crippen molar-refractivity contribution in [3.05, 3.63) is 88.0 Å². The number of benzene rings is 3. The normalized spacial score (nSPS) is 18.7. The lowest BCUT2D eigenvalue weighted by molar-refractivity contribution is -0.364. The lowest BCUT2D eigenvalue weighted by atomic mass is 9.74. The molecule has 7 heteroatoms. The molecule has 0 saturated heterocycles. The van der Waals surface area contributed by atoms with E-state index in [1.165, 1.54) is 25.1 Å². The van der Waals surface area contributed by atoms with Crippen LogP contribution < -0.4 is 9.47 Å². The van der Waals surface area contributed by atoms with E-state index in [1.807, 2.05) is 45.0 Å². The minimum atomic E-state index is -1.48. The molecule has 0 N–H and O–H groups in total. The second kappa shape index (κ2) is 7.37. The number of ether oxygens (including phenoxy) is 2. The Hall–Kier alpha value is -3.29. The zero-order valence-corrected chi connectivity index (χ0v) is 18.6. The highest BCUT2D eigenvalue weighted by Gasteiger charge is 2.51. The van der Waals surface area contributed by atoms with Crippen molar-refractivity contribution in [3.8, 4) is 17.2 Å². The SMILES string of the molecule is CC(=O)Oc1cc2c(cc1F)C1(OOCc3ccccc31)c1cc(F)c(C(C)(C)C)cc1O2. The molecule has 2 aliphatic heterocycles. The van der Waals surface area contributed by atoms with Crippen molar-refractivity contribution in [3.63, 3.8) is 0 Å². The van der Waals surface area contributed by atoms with Crippen molar-refractivity contribution < 1.29 is 32.8 Å². The molecular weight excluding hydrogens is 430 g/mol. The van der Waals surface area contributed by atoms with Crippen molar-refractivity contribution in [2.45, 2.75) is 45.3 Å². The Bertz CT molecular complexity index is 1290. The summed E-state index contributed by atoms with van der Waals surface area (Å²) in [5.41, 5.74) is 0.600. The molecule has 0 radical (unpaired) electrons. The Morgan fingerprint density at radius 2 is 1.64 bits per heavy atom. The quantitative estimate of drug-likeness (QED) is 0.256. The molecule has 2 aliphatic rings. The van der Waals surface area contributed by atoms with E-state index in [0.29, 0.717) is 22.4 Å². The lowest BCUT2D eigenvalue weighted by Crippen LogP contribution is -2.40. The number of rotatable bonds is 1. The van der Waals surface area contributed by atoms with E-state index >= 15 is 8.78 Å². The van der Waals surface area contributed by atoms with Gasteiger partial charge in [-0.25, -0.2) is 18.6 Å². The smallest absolute Gasteiger partial charge is 0.308 e. The topological polar surface area (TPSA) is 54.0 Å². The maximum Gasteiger partial charge on any atom is 0.308 e. The van der Waals surface area contributed by atoms with Crippen LogP contribution in [0.2, 0.25) is 0 Å². The molecule has 0 saturated carbocycles. The first kappa shape index (κ1) is 21.6. The van der Waals surface area contributed by atoms with Gasteiger partial charge in [0.25, 0.3) is 0 Å². The van der Waals surface area contributed by atoms with Crippen molar-refractivity contribution in [2.24, 2.45) is 0 Å². The maximum atomic E-state index is 15.4. The van der Waals surface area contributed by atoms with E-state index in [-0.39, 0.29) is 23.7 Å². The summed E-state index contributed by atoms with van der Waals surface area (Å²) in [5, 5.41) is 0. The molecule has 0 bridgehead atoms. The summed E-state index contributed by atoms with van der Waals surface area (Å²) < 4.78 is 41.5. The van der Waals surface area contributed by atoms with Gasteiger partial charge in [0.05, 0.1) is 0 Å². The number of halogens is 2. The highest BCUT2D eigenvalue weighted by atomic mass is 19.1. The molecule has 0 amide bonds. The Balaban J connectivity index is 1.84. The molecule has 0 fully saturated rings. The highest BCUT2D eigenvalue weighted by molar-refractivity contribution is 5.71. The summed E-state index contributed by atoms with van der Waals surface area (Å²) in [5.74, 6) is -1.60. The molecule has 5 rings (SSSR count). The van der Waals surface area contributed by atoms with Gasteiger partial charge in [-0.2, -0.15) is 0 Å². The van der Waals surface area contributed by atoms with E-state index in [9.17, 15) is 4.79 Å². The van der Waals surface area contributed by atoms with Crippen LogP contribution in [0.4, 0.5) is 8.78 Å². The van der Waals surface area contributed by atoms with Crippen LogP contribution in [0.25, 0.3) is 0 Å². The van der Waals surface area contributed by atoms with Crippen LogP contribution in [0.3, 0.4) is 0 Å². The van der Waals surface area contributed by atoms with Crippen molar-refractivity contribution >= 4 is 5.97 Å². The van der Waals surface area contributed by atoms with Crippen LogP contribution in [-0.4, -0.2) is 5.97 Å². The molecule has 0 aromatic heterocycles. The van der Waals surface area contributed by atoms with E-state index in [0.717, 1.165) is 5.56 Å². The van der Waals surface area contributed by atoms with Gasteiger partial charge in [-0.15, -0.1) is 0 Å². The van der Waals surface area contributed by atoms with E-state index in [1.54, 1.807) is 6.07 Å². The minimum Gasteiger partial charge on any atom is -0.456 e. The molecule has 3 aromatic carbocycles. The van der Waals surface area contributed by atoms with Gasteiger partial charge in [0.1, 0.15) is 23.9 Å². The molecule has 0 aliphatic carbocycles. The van der Waals surface area contributed by atoms with Gasteiger partial charge in [0.2, 0.25) is 0 Å².